The maximum Gasteiger partial charge on any atom is 0.344 e. The smallest absolute Gasteiger partial charge is 0.344 e. The summed E-state index contributed by atoms with van der Waals surface area (Å²) in [5.74, 6) is 2.19. The van der Waals surface area contributed by atoms with E-state index in [1.54, 1.807) is 0 Å². The maximum absolute atomic E-state index is 12.0. The Bertz CT molecular complexity index is 970. The molecule has 0 amide bonds. The second kappa shape index (κ2) is 12.2. The van der Waals surface area contributed by atoms with Gasteiger partial charge in [0.1, 0.15) is 16.4 Å². The van der Waals surface area contributed by atoms with Crippen molar-refractivity contribution in [2.75, 3.05) is 18.1 Å². The molecule has 0 N–H and O–H groups in total. The first-order valence-corrected chi connectivity index (χ1v) is 12.9. The highest BCUT2D eigenvalue weighted by molar-refractivity contribution is 8.17. The summed E-state index contributed by atoms with van der Waals surface area (Å²) in [7, 11) is 0. The largest absolute Gasteiger partial charge is 0.482 e. The number of rotatable bonds is 11. The number of hydrogen-bond acceptors (Lipinski definition) is 5. The minimum Gasteiger partial charge on any atom is -0.482 e. The average Bonchev–Trinajstić information content (AvgIpc) is 2.83. The van der Waals surface area contributed by atoms with Crippen molar-refractivity contribution in [1.29, 1.82) is 0 Å². The molecular weight excluding hydrogens is 460 g/mol. The fourth-order valence-corrected chi connectivity index (χ4v) is 6.50. The van der Waals surface area contributed by atoms with E-state index in [2.05, 4.69) is 38.1 Å². The molecule has 6 heteroatoms. The van der Waals surface area contributed by atoms with E-state index >= 15 is 0 Å². The first-order chi connectivity index (χ1) is 15.6. The minimum absolute atomic E-state index is 0.123. The van der Waals surface area contributed by atoms with Gasteiger partial charge in [0.15, 0.2) is 6.61 Å². The van der Waals surface area contributed by atoms with Crippen LogP contribution in [0.5, 0.6) is 5.75 Å². The fourth-order valence-electron chi connectivity index (χ4n) is 3.31. The minimum atomic E-state index is -0.392. The zero-order valence-electron chi connectivity index (χ0n) is 18.3. The van der Waals surface area contributed by atoms with Gasteiger partial charge in [0.25, 0.3) is 0 Å². The van der Waals surface area contributed by atoms with Crippen molar-refractivity contribution in [2.45, 2.75) is 24.5 Å². The molecule has 0 radical (unpaired) electrons. The molecule has 32 heavy (non-hydrogen) atoms. The molecule has 0 aliphatic carbocycles. The topological polar surface area (TPSA) is 35.5 Å². The van der Waals surface area contributed by atoms with E-state index in [9.17, 15) is 4.79 Å². The van der Waals surface area contributed by atoms with Crippen LogP contribution in [0.3, 0.4) is 0 Å². The molecule has 0 unspecified atom stereocenters. The molecule has 3 aromatic carbocycles. The Hall–Kier alpha value is -2.08. The van der Waals surface area contributed by atoms with Crippen LogP contribution < -0.4 is 4.74 Å². The van der Waals surface area contributed by atoms with Crippen LogP contribution in [0, 0.1) is 0 Å². The number of halogens is 1. The highest BCUT2D eigenvalue weighted by Gasteiger charge is 2.34. The van der Waals surface area contributed by atoms with Crippen molar-refractivity contribution < 1.29 is 14.3 Å². The molecule has 168 valence electrons. The fraction of sp³-hybridized carbons (Fsp3) is 0.269. The Balaban J connectivity index is 1.68. The summed E-state index contributed by atoms with van der Waals surface area (Å²) in [6.45, 7) is 4.46. The molecule has 3 nitrogen and oxygen atoms in total. The number of esters is 1. The maximum atomic E-state index is 12.0. The summed E-state index contributed by atoms with van der Waals surface area (Å²) in [5.41, 5.74) is 3.34. The van der Waals surface area contributed by atoms with E-state index in [1.165, 1.54) is 11.1 Å². The molecule has 0 aromatic heterocycles. The van der Waals surface area contributed by atoms with Gasteiger partial charge < -0.3 is 9.47 Å². The van der Waals surface area contributed by atoms with Gasteiger partial charge in [-0.1, -0.05) is 80.0 Å². The molecule has 3 rings (SSSR count). The number of ether oxygens (including phenoxy) is 2. The van der Waals surface area contributed by atoms with Crippen LogP contribution in [0.2, 0.25) is 5.02 Å². The second-order valence-corrected chi connectivity index (χ2v) is 10.6. The molecule has 0 heterocycles. The standard InChI is InChI=1S/C26H27ClO3S2/c1-3-31-26(32-4-2,21-10-14-23(27)15-11-21)22-12-16-24(17-13-22)29-19-25(28)30-18-20-8-6-5-7-9-20/h5-17H,3-4,18-19H2,1-2H3. The predicted molar refractivity (Wildman–Crippen MR) is 137 cm³/mol. The third kappa shape index (κ3) is 6.47. The number of benzene rings is 3. The summed E-state index contributed by atoms with van der Waals surface area (Å²) in [4.78, 5) is 12.0. The van der Waals surface area contributed by atoms with Gasteiger partial charge in [0.05, 0.1) is 0 Å². The highest BCUT2D eigenvalue weighted by Crippen LogP contribution is 2.52. The van der Waals surface area contributed by atoms with Gasteiger partial charge in [-0.05, 0) is 52.5 Å². The molecule has 0 fully saturated rings. The second-order valence-electron chi connectivity index (χ2n) is 6.95. The molecule has 0 aliphatic heterocycles. The Morgan fingerprint density at radius 1 is 0.844 bits per heavy atom. The van der Waals surface area contributed by atoms with Crippen LogP contribution in [0.25, 0.3) is 0 Å². The lowest BCUT2D eigenvalue weighted by molar-refractivity contribution is -0.147. The molecular formula is C26H27ClO3S2. The van der Waals surface area contributed by atoms with E-state index in [4.69, 9.17) is 21.1 Å². The van der Waals surface area contributed by atoms with Gasteiger partial charge in [-0.25, -0.2) is 4.79 Å². The van der Waals surface area contributed by atoms with Crippen LogP contribution in [0.4, 0.5) is 0 Å². The van der Waals surface area contributed by atoms with Gasteiger partial charge in [0.2, 0.25) is 0 Å². The van der Waals surface area contributed by atoms with Crippen molar-refractivity contribution >= 4 is 41.1 Å². The van der Waals surface area contributed by atoms with Gasteiger partial charge in [-0.3, -0.25) is 0 Å². The summed E-state index contributed by atoms with van der Waals surface area (Å²) >= 11 is 9.92. The molecule has 0 saturated carbocycles. The van der Waals surface area contributed by atoms with E-state index in [1.807, 2.05) is 78.1 Å². The summed E-state index contributed by atoms with van der Waals surface area (Å²) in [5, 5.41) is 0.730. The summed E-state index contributed by atoms with van der Waals surface area (Å²) in [6.07, 6.45) is 0. The molecule has 0 atom stereocenters. The van der Waals surface area contributed by atoms with Crippen LogP contribution in [-0.4, -0.2) is 24.1 Å². The van der Waals surface area contributed by atoms with Crippen molar-refractivity contribution in [3.05, 3.63) is 101 Å². The first kappa shape index (κ1) is 24.6. The van der Waals surface area contributed by atoms with E-state index < -0.39 is 5.97 Å². The third-order valence-electron chi connectivity index (χ3n) is 4.75. The van der Waals surface area contributed by atoms with Crippen LogP contribution >= 0.6 is 35.1 Å². The molecule has 0 spiro atoms. The number of thioether (sulfide) groups is 2. The van der Waals surface area contributed by atoms with Crippen molar-refractivity contribution in [1.82, 2.24) is 0 Å². The number of carbonyl (C=O) groups excluding carboxylic acids is 1. The monoisotopic (exact) mass is 486 g/mol. The quantitative estimate of drug-likeness (QED) is 0.212. The van der Waals surface area contributed by atoms with Gasteiger partial charge >= 0.3 is 5.97 Å². The van der Waals surface area contributed by atoms with Crippen molar-refractivity contribution in [3.63, 3.8) is 0 Å². The lowest BCUT2D eigenvalue weighted by Crippen LogP contribution is -2.20. The molecule has 0 bridgehead atoms. The lowest BCUT2D eigenvalue weighted by atomic mass is 10.0. The zero-order valence-corrected chi connectivity index (χ0v) is 20.6. The summed E-state index contributed by atoms with van der Waals surface area (Å²) < 4.78 is 10.7. The SMILES string of the molecule is CCSC(SCC)(c1ccc(Cl)cc1)c1ccc(OCC(=O)OCc2ccccc2)cc1. The molecule has 0 aliphatic rings. The van der Waals surface area contributed by atoms with Gasteiger partial charge in [-0.2, -0.15) is 0 Å². The van der Waals surface area contributed by atoms with Gasteiger partial charge in [-0.15, -0.1) is 23.5 Å². The molecule has 0 saturated heterocycles. The van der Waals surface area contributed by atoms with Crippen LogP contribution in [-0.2, 0) is 20.2 Å². The highest BCUT2D eigenvalue weighted by atomic mass is 35.5. The van der Waals surface area contributed by atoms with E-state index in [0.29, 0.717) is 5.75 Å². The third-order valence-corrected chi connectivity index (χ3v) is 8.05. The number of hydrogen-bond donors (Lipinski definition) is 0. The predicted octanol–water partition coefficient (Wildman–Crippen LogP) is 7.17. The van der Waals surface area contributed by atoms with Crippen molar-refractivity contribution in [2.24, 2.45) is 0 Å². The lowest BCUT2D eigenvalue weighted by Gasteiger charge is -2.33. The Labute approximate surface area is 203 Å². The first-order valence-electron chi connectivity index (χ1n) is 10.5. The van der Waals surface area contributed by atoms with Crippen LogP contribution in [0.15, 0.2) is 78.9 Å². The normalized spacial score (nSPS) is 11.2. The van der Waals surface area contributed by atoms with E-state index in [-0.39, 0.29) is 17.3 Å². The Morgan fingerprint density at radius 3 is 1.97 bits per heavy atom. The Morgan fingerprint density at radius 2 is 1.41 bits per heavy atom. The molecule has 3 aromatic rings. The van der Waals surface area contributed by atoms with Crippen molar-refractivity contribution in [3.8, 4) is 5.75 Å². The van der Waals surface area contributed by atoms with E-state index in [0.717, 1.165) is 22.1 Å². The Kier molecular flexibility index (Phi) is 9.39. The number of carbonyl (C=O) groups is 1. The van der Waals surface area contributed by atoms with Crippen LogP contribution in [0.1, 0.15) is 30.5 Å². The zero-order chi connectivity index (χ0) is 22.8. The summed E-state index contributed by atoms with van der Waals surface area (Å²) in [6, 6.07) is 25.7. The average molecular weight is 487 g/mol. The van der Waals surface area contributed by atoms with Gasteiger partial charge in [0, 0.05) is 5.02 Å².